The first-order valence-electron chi connectivity index (χ1n) is 7.91. The van der Waals surface area contributed by atoms with Crippen LogP contribution in [0.4, 0.5) is 5.82 Å². The van der Waals surface area contributed by atoms with E-state index in [4.69, 9.17) is 0 Å². The van der Waals surface area contributed by atoms with Gasteiger partial charge in [-0.1, -0.05) is 6.07 Å². The quantitative estimate of drug-likeness (QED) is 0.765. The zero-order valence-corrected chi connectivity index (χ0v) is 12.8. The minimum Gasteiger partial charge on any atom is -0.365 e. The molecular weight excluding hydrogens is 290 g/mol. The number of aromatic nitrogens is 5. The predicted molar refractivity (Wildman–Crippen MR) is 87.8 cm³/mol. The summed E-state index contributed by atoms with van der Waals surface area (Å²) in [6, 6.07) is 6.51. The first-order chi connectivity index (χ1) is 11.4. The molecule has 0 aliphatic carbocycles. The molecule has 23 heavy (non-hydrogen) atoms. The van der Waals surface area contributed by atoms with Gasteiger partial charge in [-0.25, -0.2) is 15.0 Å². The molecule has 4 rings (SSSR count). The lowest BCUT2D eigenvalue weighted by Gasteiger charge is -2.32. The van der Waals surface area contributed by atoms with Crippen molar-refractivity contribution in [2.75, 3.05) is 18.4 Å². The largest absolute Gasteiger partial charge is 0.365 e. The van der Waals surface area contributed by atoms with E-state index in [2.05, 4.69) is 41.2 Å². The van der Waals surface area contributed by atoms with Gasteiger partial charge in [0.05, 0.1) is 12.0 Å². The van der Waals surface area contributed by atoms with Crippen molar-refractivity contribution < 1.29 is 0 Å². The van der Waals surface area contributed by atoms with E-state index < -0.39 is 0 Å². The van der Waals surface area contributed by atoms with Crippen LogP contribution in [0.5, 0.6) is 0 Å². The Bertz CT molecular complexity index is 762. The van der Waals surface area contributed by atoms with Crippen molar-refractivity contribution in [1.29, 1.82) is 0 Å². The van der Waals surface area contributed by atoms with Crippen molar-refractivity contribution in [1.82, 2.24) is 29.8 Å². The highest BCUT2D eigenvalue weighted by Crippen LogP contribution is 2.20. The Kier molecular flexibility index (Phi) is 3.85. The highest BCUT2D eigenvalue weighted by atomic mass is 15.2. The molecule has 0 radical (unpaired) electrons. The molecular formula is C16H19N7. The molecule has 0 bridgehead atoms. The summed E-state index contributed by atoms with van der Waals surface area (Å²) in [5.41, 5.74) is 2.72. The second kappa shape index (κ2) is 6.29. The van der Waals surface area contributed by atoms with Crippen LogP contribution in [0.2, 0.25) is 0 Å². The molecule has 0 unspecified atom stereocenters. The summed E-state index contributed by atoms with van der Waals surface area (Å²) >= 11 is 0. The van der Waals surface area contributed by atoms with Crippen molar-refractivity contribution in [3.8, 4) is 0 Å². The molecule has 1 fully saturated rings. The Morgan fingerprint density at radius 1 is 1.13 bits per heavy atom. The third-order valence-corrected chi connectivity index (χ3v) is 4.26. The minimum atomic E-state index is 0.427. The average Bonchev–Trinajstić information content (AvgIpc) is 3.07. The maximum Gasteiger partial charge on any atom is 0.182 e. The number of hydrogen-bond donors (Lipinski definition) is 2. The number of aromatic amines is 1. The second-order valence-electron chi connectivity index (χ2n) is 5.84. The SMILES string of the molecule is c1ccc(CN2CCC(Nc3ncnc4nc[nH]c34)CC2)nc1. The Hall–Kier alpha value is -2.54. The number of H-pyrrole nitrogens is 1. The van der Waals surface area contributed by atoms with Gasteiger partial charge >= 0.3 is 0 Å². The number of fused-ring (bicyclic) bond motifs is 1. The molecule has 118 valence electrons. The smallest absolute Gasteiger partial charge is 0.182 e. The third kappa shape index (κ3) is 3.14. The summed E-state index contributed by atoms with van der Waals surface area (Å²) in [5.74, 6) is 0.843. The molecule has 0 saturated carbocycles. The fourth-order valence-corrected chi connectivity index (χ4v) is 3.02. The van der Waals surface area contributed by atoms with Crippen LogP contribution in [0.25, 0.3) is 11.2 Å². The number of anilines is 1. The molecule has 0 spiro atoms. The van der Waals surface area contributed by atoms with Crippen molar-refractivity contribution in [3.05, 3.63) is 42.7 Å². The van der Waals surface area contributed by atoms with E-state index in [1.807, 2.05) is 18.3 Å². The number of hydrogen-bond acceptors (Lipinski definition) is 6. The van der Waals surface area contributed by atoms with E-state index in [1.165, 1.54) is 0 Å². The van der Waals surface area contributed by atoms with Gasteiger partial charge in [-0.15, -0.1) is 0 Å². The lowest BCUT2D eigenvalue weighted by Crippen LogP contribution is -2.39. The van der Waals surface area contributed by atoms with Crippen LogP contribution in [-0.2, 0) is 6.54 Å². The van der Waals surface area contributed by atoms with E-state index in [9.17, 15) is 0 Å². The Balaban J connectivity index is 1.36. The number of pyridine rings is 1. The molecule has 4 heterocycles. The Morgan fingerprint density at radius 3 is 2.87 bits per heavy atom. The van der Waals surface area contributed by atoms with Crippen LogP contribution in [0.3, 0.4) is 0 Å². The van der Waals surface area contributed by atoms with Crippen LogP contribution in [-0.4, -0.2) is 49.0 Å². The van der Waals surface area contributed by atoms with Crippen LogP contribution < -0.4 is 5.32 Å². The van der Waals surface area contributed by atoms with Gasteiger partial charge in [0.15, 0.2) is 11.5 Å². The van der Waals surface area contributed by atoms with Gasteiger partial charge in [-0.3, -0.25) is 9.88 Å². The fraction of sp³-hybridized carbons (Fsp3) is 0.375. The summed E-state index contributed by atoms with van der Waals surface area (Å²) in [7, 11) is 0. The van der Waals surface area contributed by atoms with Crippen molar-refractivity contribution >= 4 is 17.0 Å². The van der Waals surface area contributed by atoms with E-state index in [0.29, 0.717) is 11.7 Å². The number of imidazole rings is 1. The lowest BCUT2D eigenvalue weighted by atomic mass is 10.0. The van der Waals surface area contributed by atoms with Crippen molar-refractivity contribution in [2.45, 2.75) is 25.4 Å². The molecule has 3 aromatic rings. The first kappa shape index (κ1) is 14.1. The van der Waals surface area contributed by atoms with Gasteiger partial charge in [0, 0.05) is 31.9 Å². The fourth-order valence-electron chi connectivity index (χ4n) is 3.02. The standard InChI is InChI=1S/C16H19N7/c1-2-6-17-13(3-1)9-23-7-4-12(5-8-23)22-16-14-15(19-10-18-14)20-11-21-16/h1-3,6,10-12H,4-5,7-9H2,(H2,18,19,20,21,22). The molecule has 1 saturated heterocycles. The van der Waals surface area contributed by atoms with Crippen LogP contribution in [0.15, 0.2) is 37.1 Å². The van der Waals surface area contributed by atoms with E-state index >= 15 is 0 Å². The number of nitrogens with zero attached hydrogens (tertiary/aromatic N) is 5. The maximum absolute atomic E-state index is 4.40. The Labute approximate surface area is 134 Å². The molecule has 0 aromatic carbocycles. The normalized spacial score (nSPS) is 16.7. The average molecular weight is 309 g/mol. The van der Waals surface area contributed by atoms with E-state index in [0.717, 1.165) is 49.5 Å². The minimum absolute atomic E-state index is 0.427. The zero-order chi connectivity index (χ0) is 15.5. The molecule has 3 aromatic heterocycles. The molecule has 1 aliphatic heterocycles. The summed E-state index contributed by atoms with van der Waals surface area (Å²) in [6.07, 6.45) is 7.25. The highest BCUT2D eigenvalue weighted by molar-refractivity contribution is 5.82. The molecule has 7 nitrogen and oxygen atoms in total. The summed E-state index contributed by atoms with van der Waals surface area (Å²) in [6.45, 7) is 3.04. The van der Waals surface area contributed by atoms with Crippen LogP contribution >= 0.6 is 0 Å². The van der Waals surface area contributed by atoms with Gasteiger partial charge in [0.1, 0.15) is 11.8 Å². The maximum atomic E-state index is 4.40. The Morgan fingerprint density at radius 2 is 2.04 bits per heavy atom. The molecule has 1 aliphatic rings. The van der Waals surface area contributed by atoms with E-state index in [1.54, 1.807) is 12.7 Å². The van der Waals surface area contributed by atoms with Gasteiger partial charge < -0.3 is 10.3 Å². The number of likely N-dealkylation sites (tertiary alicyclic amines) is 1. The van der Waals surface area contributed by atoms with Gasteiger partial charge in [0.2, 0.25) is 0 Å². The zero-order valence-electron chi connectivity index (χ0n) is 12.8. The number of nitrogens with one attached hydrogen (secondary N) is 2. The van der Waals surface area contributed by atoms with Crippen LogP contribution in [0.1, 0.15) is 18.5 Å². The number of piperidine rings is 1. The molecule has 7 heteroatoms. The van der Waals surface area contributed by atoms with E-state index in [-0.39, 0.29) is 0 Å². The second-order valence-corrected chi connectivity index (χ2v) is 5.84. The number of rotatable bonds is 4. The summed E-state index contributed by atoms with van der Waals surface area (Å²) in [4.78, 5) is 22.6. The molecule has 2 N–H and O–H groups in total. The summed E-state index contributed by atoms with van der Waals surface area (Å²) in [5, 5.41) is 3.53. The molecule has 0 amide bonds. The van der Waals surface area contributed by atoms with Crippen molar-refractivity contribution in [2.24, 2.45) is 0 Å². The van der Waals surface area contributed by atoms with Gasteiger partial charge in [0.25, 0.3) is 0 Å². The molecule has 0 atom stereocenters. The highest BCUT2D eigenvalue weighted by Gasteiger charge is 2.20. The lowest BCUT2D eigenvalue weighted by molar-refractivity contribution is 0.209. The predicted octanol–water partition coefficient (Wildman–Crippen LogP) is 1.82. The van der Waals surface area contributed by atoms with Gasteiger partial charge in [-0.2, -0.15) is 0 Å². The van der Waals surface area contributed by atoms with Crippen LogP contribution in [0, 0.1) is 0 Å². The third-order valence-electron chi connectivity index (χ3n) is 4.26. The topological polar surface area (TPSA) is 82.6 Å². The summed E-state index contributed by atoms with van der Waals surface area (Å²) < 4.78 is 0. The van der Waals surface area contributed by atoms with Gasteiger partial charge in [-0.05, 0) is 25.0 Å². The monoisotopic (exact) mass is 309 g/mol. The first-order valence-corrected chi connectivity index (χ1v) is 7.91. The van der Waals surface area contributed by atoms with Crippen molar-refractivity contribution in [3.63, 3.8) is 0 Å².